The van der Waals surface area contributed by atoms with Gasteiger partial charge in [0.25, 0.3) is 0 Å². The van der Waals surface area contributed by atoms with Crippen molar-refractivity contribution < 1.29 is 28.4 Å². The summed E-state index contributed by atoms with van der Waals surface area (Å²) < 4.78 is 34.5. The normalized spacial score (nSPS) is 20.2. The minimum atomic E-state index is -0.336. The summed E-state index contributed by atoms with van der Waals surface area (Å²) in [4.78, 5) is 0. The van der Waals surface area contributed by atoms with Crippen molar-refractivity contribution >= 4 is 5.69 Å². The number of rotatable bonds is 7. The number of hydrogen-bond donors (Lipinski definition) is 2. The molecule has 34 heavy (non-hydrogen) atoms. The summed E-state index contributed by atoms with van der Waals surface area (Å²) in [5.41, 5.74) is 9.57. The molecule has 0 saturated heterocycles. The average Bonchev–Trinajstić information content (AvgIpc) is 3.33. The first kappa shape index (κ1) is 22.0. The number of para-hydroxylation sites is 1. The lowest BCUT2D eigenvalue weighted by Gasteiger charge is -2.39. The van der Waals surface area contributed by atoms with Crippen LogP contribution in [0.15, 0.2) is 54.6 Å². The molecule has 0 spiro atoms. The smallest absolute Gasteiger partial charge is 0.231 e. The van der Waals surface area contributed by atoms with Gasteiger partial charge in [0.1, 0.15) is 5.75 Å². The summed E-state index contributed by atoms with van der Waals surface area (Å²) in [7, 11) is 4.84. The van der Waals surface area contributed by atoms with Gasteiger partial charge in [-0.05, 0) is 35.9 Å². The van der Waals surface area contributed by atoms with Gasteiger partial charge in [0.05, 0.1) is 21.3 Å². The third kappa shape index (κ3) is 3.90. The maximum absolute atomic E-state index is 6.40. The molecule has 0 saturated carbocycles. The van der Waals surface area contributed by atoms with Gasteiger partial charge in [-0.2, -0.15) is 5.43 Å². The number of ether oxygens (including phenoxy) is 6. The molecule has 3 aromatic rings. The standard InChI is InChI=1S/C26H28N2O6/c1-15-24(16-10-22(29-2)25(31-4)23(11-16)30-3)18-12-20-21(33-14-32-20)13-19(18)34-26(15)28-27-17-8-6-5-7-9-17/h5-13,15,24,26-28H,14H2,1-4H3. The molecule has 2 aliphatic heterocycles. The number of nitrogens with one attached hydrogen (secondary N) is 2. The summed E-state index contributed by atoms with van der Waals surface area (Å²) in [5, 5.41) is 0. The van der Waals surface area contributed by atoms with E-state index in [2.05, 4.69) is 17.8 Å². The van der Waals surface area contributed by atoms with Crippen LogP contribution in [-0.4, -0.2) is 34.4 Å². The van der Waals surface area contributed by atoms with Crippen molar-refractivity contribution in [2.75, 3.05) is 33.5 Å². The Hall–Kier alpha value is -3.78. The first-order valence-electron chi connectivity index (χ1n) is 11.1. The first-order chi connectivity index (χ1) is 16.6. The van der Waals surface area contributed by atoms with Crippen molar-refractivity contribution in [1.82, 2.24) is 5.43 Å². The fourth-order valence-corrected chi connectivity index (χ4v) is 4.59. The fourth-order valence-electron chi connectivity index (χ4n) is 4.59. The molecule has 3 atom stereocenters. The zero-order chi connectivity index (χ0) is 23.7. The van der Waals surface area contributed by atoms with Gasteiger partial charge in [-0.15, -0.1) is 0 Å². The van der Waals surface area contributed by atoms with Gasteiger partial charge in [0.15, 0.2) is 29.2 Å². The third-order valence-electron chi connectivity index (χ3n) is 6.28. The van der Waals surface area contributed by atoms with Crippen LogP contribution >= 0.6 is 0 Å². The van der Waals surface area contributed by atoms with E-state index in [0.29, 0.717) is 28.7 Å². The number of fused-ring (bicyclic) bond motifs is 2. The van der Waals surface area contributed by atoms with Crippen molar-refractivity contribution in [3.8, 4) is 34.5 Å². The topological polar surface area (TPSA) is 79.4 Å². The number of hydrogen-bond acceptors (Lipinski definition) is 8. The lowest BCUT2D eigenvalue weighted by molar-refractivity contribution is 0.0862. The molecule has 0 bridgehead atoms. The Morgan fingerprint density at radius 1 is 0.824 bits per heavy atom. The molecule has 5 rings (SSSR count). The molecule has 0 aromatic heterocycles. The van der Waals surface area contributed by atoms with Crippen LogP contribution in [0.5, 0.6) is 34.5 Å². The van der Waals surface area contributed by atoms with Crippen molar-refractivity contribution in [2.24, 2.45) is 5.92 Å². The zero-order valence-corrected chi connectivity index (χ0v) is 19.6. The van der Waals surface area contributed by atoms with Gasteiger partial charge < -0.3 is 33.8 Å². The minimum absolute atomic E-state index is 0.0203. The highest BCUT2D eigenvalue weighted by Crippen LogP contribution is 2.51. The van der Waals surface area contributed by atoms with E-state index < -0.39 is 0 Å². The number of methoxy groups -OCH3 is 3. The van der Waals surface area contributed by atoms with Gasteiger partial charge in [-0.25, -0.2) is 0 Å². The van der Waals surface area contributed by atoms with Crippen LogP contribution in [0.1, 0.15) is 24.0 Å². The fraction of sp³-hybridized carbons (Fsp3) is 0.308. The van der Waals surface area contributed by atoms with Crippen molar-refractivity contribution in [3.63, 3.8) is 0 Å². The Morgan fingerprint density at radius 2 is 1.50 bits per heavy atom. The van der Waals surface area contributed by atoms with E-state index in [-0.39, 0.29) is 24.9 Å². The van der Waals surface area contributed by atoms with Crippen LogP contribution in [0.4, 0.5) is 5.69 Å². The molecular weight excluding hydrogens is 436 g/mol. The molecule has 2 heterocycles. The number of hydrazine groups is 1. The lowest BCUT2D eigenvalue weighted by Crippen LogP contribution is -2.47. The van der Waals surface area contributed by atoms with E-state index in [9.17, 15) is 0 Å². The van der Waals surface area contributed by atoms with Crippen LogP contribution in [0.2, 0.25) is 0 Å². The van der Waals surface area contributed by atoms with Crippen LogP contribution in [-0.2, 0) is 0 Å². The SMILES string of the molecule is COc1cc(C2c3cc4c(cc3OC(NNc3ccccc3)C2C)OCO4)cc(OC)c1OC. The molecule has 2 aliphatic rings. The quantitative estimate of drug-likeness (QED) is 0.494. The lowest BCUT2D eigenvalue weighted by atomic mass is 9.78. The molecule has 0 fully saturated rings. The van der Waals surface area contributed by atoms with Crippen molar-refractivity contribution in [2.45, 2.75) is 19.1 Å². The summed E-state index contributed by atoms with van der Waals surface area (Å²) in [6.07, 6.45) is -0.336. The Labute approximate surface area is 198 Å². The second kappa shape index (κ2) is 9.23. The molecule has 8 nitrogen and oxygen atoms in total. The predicted molar refractivity (Wildman–Crippen MR) is 127 cm³/mol. The van der Waals surface area contributed by atoms with E-state index in [1.54, 1.807) is 21.3 Å². The van der Waals surface area contributed by atoms with E-state index in [0.717, 1.165) is 22.6 Å². The Bertz CT molecular complexity index is 1140. The summed E-state index contributed by atoms with van der Waals surface area (Å²) in [6.45, 7) is 2.34. The Kier molecular flexibility index (Phi) is 5.98. The van der Waals surface area contributed by atoms with Crippen LogP contribution < -0.4 is 39.3 Å². The second-order valence-corrected chi connectivity index (χ2v) is 8.21. The van der Waals surface area contributed by atoms with E-state index in [1.165, 1.54) is 0 Å². The molecule has 0 radical (unpaired) electrons. The van der Waals surface area contributed by atoms with Gasteiger partial charge in [0, 0.05) is 29.2 Å². The highest BCUT2D eigenvalue weighted by Gasteiger charge is 2.39. The molecule has 8 heteroatoms. The predicted octanol–water partition coefficient (Wildman–Crippen LogP) is 4.54. The van der Waals surface area contributed by atoms with Crippen LogP contribution in [0, 0.1) is 5.92 Å². The van der Waals surface area contributed by atoms with E-state index in [1.807, 2.05) is 54.6 Å². The zero-order valence-electron chi connectivity index (χ0n) is 19.6. The molecular formula is C26H28N2O6. The van der Waals surface area contributed by atoms with Gasteiger partial charge in [0.2, 0.25) is 12.5 Å². The molecule has 2 N–H and O–H groups in total. The molecule has 3 aromatic carbocycles. The van der Waals surface area contributed by atoms with Crippen LogP contribution in [0.25, 0.3) is 0 Å². The average molecular weight is 465 g/mol. The summed E-state index contributed by atoms with van der Waals surface area (Å²) in [6, 6.07) is 17.8. The minimum Gasteiger partial charge on any atom is -0.493 e. The van der Waals surface area contributed by atoms with Crippen molar-refractivity contribution in [1.29, 1.82) is 0 Å². The van der Waals surface area contributed by atoms with Crippen LogP contribution in [0.3, 0.4) is 0 Å². The highest BCUT2D eigenvalue weighted by atomic mass is 16.7. The summed E-state index contributed by atoms with van der Waals surface area (Å²) in [5.74, 6) is 3.84. The number of anilines is 1. The largest absolute Gasteiger partial charge is 0.493 e. The molecule has 178 valence electrons. The first-order valence-corrected chi connectivity index (χ1v) is 11.1. The van der Waals surface area contributed by atoms with E-state index in [4.69, 9.17) is 28.4 Å². The molecule has 3 unspecified atom stereocenters. The maximum Gasteiger partial charge on any atom is 0.231 e. The second-order valence-electron chi connectivity index (χ2n) is 8.21. The molecule has 0 amide bonds. The summed E-state index contributed by atoms with van der Waals surface area (Å²) >= 11 is 0. The third-order valence-corrected chi connectivity index (χ3v) is 6.28. The molecule has 0 aliphatic carbocycles. The Balaban J connectivity index is 1.57. The monoisotopic (exact) mass is 464 g/mol. The maximum atomic E-state index is 6.40. The highest BCUT2D eigenvalue weighted by molar-refractivity contribution is 5.60. The van der Waals surface area contributed by atoms with E-state index >= 15 is 0 Å². The van der Waals surface area contributed by atoms with Gasteiger partial charge in [-0.3, -0.25) is 0 Å². The van der Waals surface area contributed by atoms with Gasteiger partial charge >= 0.3 is 0 Å². The Morgan fingerprint density at radius 3 is 2.15 bits per heavy atom. The van der Waals surface area contributed by atoms with Crippen molar-refractivity contribution in [3.05, 3.63) is 65.7 Å². The van der Waals surface area contributed by atoms with Gasteiger partial charge in [-0.1, -0.05) is 25.1 Å². The number of benzene rings is 3.